The van der Waals surface area contributed by atoms with Gasteiger partial charge in [-0.25, -0.2) is 0 Å². The second kappa shape index (κ2) is 6.24. The van der Waals surface area contributed by atoms with E-state index in [9.17, 15) is 0 Å². The summed E-state index contributed by atoms with van der Waals surface area (Å²) in [6, 6.07) is 6.49. The highest BCUT2D eigenvalue weighted by Gasteiger charge is 2.26. The van der Waals surface area contributed by atoms with Crippen molar-refractivity contribution >= 4 is 0 Å². The molecular formula is C16H27NO. The molecule has 1 atom stereocenters. The van der Waals surface area contributed by atoms with Crippen molar-refractivity contribution < 1.29 is 4.74 Å². The molecule has 1 unspecified atom stereocenters. The minimum Gasteiger partial charge on any atom is -0.496 e. The van der Waals surface area contributed by atoms with Gasteiger partial charge in [0.05, 0.1) is 7.11 Å². The second-order valence-corrected chi connectivity index (χ2v) is 5.74. The number of hydrogen-bond acceptors (Lipinski definition) is 2. The van der Waals surface area contributed by atoms with Crippen molar-refractivity contribution in [3.05, 3.63) is 29.3 Å². The fourth-order valence-corrected chi connectivity index (χ4v) is 2.65. The Bertz CT molecular complexity index is 387. The van der Waals surface area contributed by atoms with E-state index < -0.39 is 0 Å². The zero-order valence-corrected chi connectivity index (χ0v) is 12.4. The number of rotatable bonds is 6. The van der Waals surface area contributed by atoms with E-state index in [-0.39, 0.29) is 5.41 Å². The van der Waals surface area contributed by atoms with Crippen LogP contribution in [0.4, 0.5) is 0 Å². The fraction of sp³-hybridized carbons (Fsp3) is 0.625. The fourth-order valence-electron chi connectivity index (χ4n) is 2.65. The third-order valence-electron chi connectivity index (χ3n) is 3.67. The summed E-state index contributed by atoms with van der Waals surface area (Å²) < 4.78 is 5.39. The molecule has 0 saturated heterocycles. The monoisotopic (exact) mass is 249 g/mol. The molecule has 1 rings (SSSR count). The lowest BCUT2D eigenvalue weighted by Crippen LogP contribution is -2.33. The molecular weight excluding hydrogens is 222 g/mol. The van der Waals surface area contributed by atoms with Gasteiger partial charge in [-0.3, -0.25) is 0 Å². The van der Waals surface area contributed by atoms with Crippen molar-refractivity contribution in [1.82, 2.24) is 0 Å². The summed E-state index contributed by atoms with van der Waals surface area (Å²) in [4.78, 5) is 0. The van der Waals surface area contributed by atoms with Gasteiger partial charge in [0.2, 0.25) is 0 Å². The van der Waals surface area contributed by atoms with Crippen LogP contribution >= 0.6 is 0 Å². The molecule has 0 amide bonds. The molecule has 0 heterocycles. The quantitative estimate of drug-likeness (QED) is 0.837. The largest absolute Gasteiger partial charge is 0.496 e. The van der Waals surface area contributed by atoms with Crippen molar-refractivity contribution in [2.24, 2.45) is 11.7 Å². The van der Waals surface area contributed by atoms with Gasteiger partial charge >= 0.3 is 0 Å². The number of hydrogen-bond donors (Lipinski definition) is 1. The molecule has 0 aliphatic carbocycles. The number of aryl methyl sites for hydroxylation is 1. The molecule has 0 radical (unpaired) electrons. The molecule has 2 heteroatoms. The first kappa shape index (κ1) is 15.0. The normalized spacial score (nSPS) is 14.6. The summed E-state index contributed by atoms with van der Waals surface area (Å²) in [5.41, 5.74) is 8.67. The van der Waals surface area contributed by atoms with Crippen LogP contribution in [-0.2, 0) is 11.8 Å². The van der Waals surface area contributed by atoms with Crippen LogP contribution in [0.25, 0.3) is 0 Å². The predicted molar refractivity (Wildman–Crippen MR) is 78.2 cm³/mol. The lowest BCUT2D eigenvalue weighted by molar-refractivity contribution is 0.374. The van der Waals surface area contributed by atoms with Crippen molar-refractivity contribution in [3.63, 3.8) is 0 Å². The number of benzene rings is 1. The molecule has 0 spiro atoms. The maximum absolute atomic E-state index is 6.02. The number of methoxy groups -OCH3 is 1. The molecule has 2 N–H and O–H groups in total. The van der Waals surface area contributed by atoms with Crippen LogP contribution in [0, 0.1) is 5.92 Å². The Hall–Kier alpha value is -1.02. The standard InChI is InChI=1S/C16H27NO/c1-6-13-9-14(7-8-15(13)18-5)16(4,11-17)10-12(2)3/h7-9,12H,6,10-11,17H2,1-5H3. The third-order valence-corrected chi connectivity index (χ3v) is 3.67. The van der Waals surface area contributed by atoms with E-state index in [4.69, 9.17) is 10.5 Å². The zero-order chi connectivity index (χ0) is 13.8. The Balaban J connectivity index is 3.14. The molecule has 2 nitrogen and oxygen atoms in total. The van der Waals surface area contributed by atoms with E-state index in [1.807, 2.05) is 0 Å². The Morgan fingerprint density at radius 2 is 2.00 bits per heavy atom. The average molecular weight is 249 g/mol. The van der Waals surface area contributed by atoms with Gasteiger partial charge in [-0.05, 0) is 36.0 Å². The minimum absolute atomic E-state index is 0.0599. The maximum Gasteiger partial charge on any atom is 0.122 e. The number of nitrogens with two attached hydrogens (primary N) is 1. The summed E-state index contributed by atoms with van der Waals surface area (Å²) >= 11 is 0. The Morgan fingerprint density at radius 1 is 1.33 bits per heavy atom. The van der Waals surface area contributed by atoms with E-state index in [0.29, 0.717) is 12.5 Å². The highest BCUT2D eigenvalue weighted by Crippen LogP contribution is 2.33. The molecule has 0 saturated carbocycles. The Labute approximate surface area is 112 Å². The van der Waals surface area contributed by atoms with Crippen LogP contribution in [0.3, 0.4) is 0 Å². The maximum atomic E-state index is 6.02. The molecule has 0 aromatic heterocycles. The van der Waals surface area contributed by atoms with E-state index in [1.165, 1.54) is 11.1 Å². The molecule has 0 fully saturated rings. The second-order valence-electron chi connectivity index (χ2n) is 5.74. The zero-order valence-electron chi connectivity index (χ0n) is 12.4. The van der Waals surface area contributed by atoms with Gasteiger partial charge in [-0.15, -0.1) is 0 Å². The van der Waals surface area contributed by atoms with Crippen LogP contribution in [0.5, 0.6) is 5.75 Å². The van der Waals surface area contributed by atoms with Gasteiger partial charge in [-0.2, -0.15) is 0 Å². The molecule has 0 bridgehead atoms. The first-order chi connectivity index (χ1) is 8.46. The molecule has 1 aromatic rings. The van der Waals surface area contributed by atoms with Gasteiger partial charge in [0, 0.05) is 12.0 Å². The topological polar surface area (TPSA) is 35.2 Å². The SMILES string of the molecule is CCc1cc(C(C)(CN)CC(C)C)ccc1OC. The van der Waals surface area contributed by atoms with Crippen molar-refractivity contribution in [2.45, 2.75) is 46.0 Å². The van der Waals surface area contributed by atoms with Gasteiger partial charge in [0.25, 0.3) is 0 Å². The molecule has 0 aliphatic rings. The van der Waals surface area contributed by atoms with E-state index in [0.717, 1.165) is 18.6 Å². The summed E-state index contributed by atoms with van der Waals surface area (Å²) in [5, 5.41) is 0. The molecule has 18 heavy (non-hydrogen) atoms. The van der Waals surface area contributed by atoms with Crippen LogP contribution in [0.2, 0.25) is 0 Å². The lowest BCUT2D eigenvalue weighted by Gasteiger charge is -2.31. The molecule has 102 valence electrons. The highest BCUT2D eigenvalue weighted by molar-refractivity contribution is 5.40. The minimum atomic E-state index is 0.0599. The van der Waals surface area contributed by atoms with Crippen LogP contribution < -0.4 is 10.5 Å². The average Bonchev–Trinajstić information content (AvgIpc) is 2.36. The lowest BCUT2D eigenvalue weighted by atomic mass is 9.75. The number of ether oxygens (including phenoxy) is 1. The van der Waals surface area contributed by atoms with Crippen LogP contribution in [0.15, 0.2) is 18.2 Å². The van der Waals surface area contributed by atoms with Gasteiger partial charge in [-0.1, -0.05) is 39.8 Å². The molecule has 1 aromatic carbocycles. The predicted octanol–water partition coefficient (Wildman–Crippen LogP) is 3.52. The van der Waals surface area contributed by atoms with E-state index in [1.54, 1.807) is 7.11 Å². The first-order valence-electron chi connectivity index (χ1n) is 6.84. The summed E-state index contributed by atoms with van der Waals surface area (Å²) in [6.07, 6.45) is 2.10. The smallest absolute Gasteiger partial charge is 0.122 e. The van der Waals surface area contributed by atoms with E-state index >= 15 is 0 Å². The first-order valence-corrected chi connectivity index (χ1v) is 6.84. The van der Waals surface area contributed by atoms with Crippen molar-refractivity contribution in [1.29, 1.82) is 0 Å². The van der Waals surface area contributed by atoms with Crippen molar-refractivity contribution in [3.8, 4) is 5.75 Å². The summed E-state index contributed by atoms with van der Waals surface area (Å²) in [7, 11) is 1.73. The summed E-state index contributed by atoms with van der Waals surface area (Å²) in [5.74, 6) is 1.62. The molecule has 0 aliphatic heterocycles. The van der Waals surface area contributed by atoms with Gasteiger partial charge in [0.15, 0.2) is 0 Å². The summed E-state index contributed by atoms with van der Waals surface area (Å²) in [6.45, 7) is 9.59. The van der Waals surface area contributed by atoms with Gasteiger partial charge in [0.1, 0.15) is 5.75 Å². The Morgan fingerprint density at radius 3 is 2.44 bits per heavy atom. The van der Waals surface area contributed by atoms with E-state index in [2.05, 4.69) is 45.9 Å². The Kier molecular flexibility index (Phi) is 5.21. The third kappa shape index (κ3) is 3.26. The van der Waals surface area contributed by atoms with Crippen molar-refractivity contribution in [2.75, 3.05) is 13.7 Å². The van der Waals surface area contributed by atoms with Crippen LogP contribution in [-0.4, -0.2) is 13.7 Å². The van der Waals surface area contributed by atoms with Gasteiger partial charge < -0.3 is 10.5 Å². The highest BCUT2D eigenvalue weighted by atomic mass is 16.5. The van der Waals surface area contributed by atoms with Crippen LogP contribution in [0.1, 0.15) is 45.2 Å².